The van der Waals surface area contributed by atoms with Crippen molar-refractivity contribution in [2.24, 2.45) is 0 Å². The highest BCUT2D eigenvalue weighted by Gasteiger charge is 2.09. The van der Waals surface area contributed by atoms with Crippen molar-refractivity contribution in [3.63, 3.8) is 0 Å². The molecule has 1 rings (SSSR count). The average molecular weight is 232 g/mol. The van der Waals surface area contributed by atoms with Gasteiger partial charge >= 0.3 is 0 Å². The molecule has 3 nitrogen and oxygen atoms in total. The minimum absolute atomic E-state index is 0.369. The molecule has 0 atom stereocenters. The van der Waals surface area contributed by atoms with Gasteiger partial charge in [-0.15, -0.1) is 0 Å². The Balaban J connectivity index is 3.10. The fourth-order valence-electron chi connectivity index (χ4n) is 1.86. The summed E-state index contributed by atoms with van der Waals surface area (Å²) in [4.78, 5) is 32.6. The largest absolute Gasteiger partial charge is 0.298 e. The normalized spacial score (nSPS) is 9.94. The number of carbonyl (C=O) groups excluding carboxylic acids is 3. The summed E-state index contributed by atoms with van der Waals surface area (Å²) in [5.74, 6) is 0. The molecule has 0 aromatic heterocycles. The van der Waals surface area contributed by atoms with Gasteiger partial charge < -0.3 is 0 Å². The van der Waals surface area contributed by atoms with Gasteiger partial charge in [0, 0.05) is 16.7 Å². The van der Waals surface area contributed by atoms with Crippen LogP contribution in [0.4, 0.5) is 0 Å². The zero-order chi connectivity index (χ0) is 12.7. The lowest BCUT2D eigenvalue weighted by Crippen LogP contribution is -2.01. The van der Waals surface area contributed by atoms with Crippen molar-refractivity contribution < 1.29 is 14.4 Å². The fourth-order valence-corrected chi connectivity index (χ4v) is 1.86. The minimum atomic E-state index is 0.369. The number of benzene rings is 1. The van der Waals surface area contributed by atoms with Crippen LogP contribution in [0.25, 0.3) is 0 Å². The van der Waals surface area contributed by atoms with E-state index in [9.17, 15) is 14.4 Å². The molecule has 0 heterocycles. The highest BCUT2D eigenvalue weighted by atomic mass is 16.1. The summed E-state index contributed by atoms with van der Waals surface area (Å²) in [7, 11) is 0. The van der Waals surface area contributed by atoms with Crippen LogP contribution < -0.4 is 0 Å². The lowest BCUT2D eigenvalue weighted by atomic mass is 9.95. The van der Waals surface area contributed by atoms with Gasteiger partial charge in [0.15, 0.2) is 0 Å². The smallest absolute Gasteiger partial charge is 0.150 e. The van der Waals surface area contributed by atoms with E-state index < -0.39 is 0 Å². The van der Waals surface area contributed by atoms with E-state index in [1.807, 2.05) is 0 Å². The Morgan fingerprint density at radius 3 is 1.94 bits per heavy atom. The number of rotatable bonds is 7. The van der Waals surface area contributed by atoms with Crippen LogP contribution in [0.15, 0.2) is 12.1 Å². The Bertz CT molecular complexity index is 392. The second kappa shape index (κ2) is 6.74. The van der Waals surface area contributed by atoms with Crippen LogP contribution in [-0.2, 0) is 6.42 Å². The summed E-state index contributed by atoms with van der Waals surface area (Å²) < 4.78 is 0. The van der Waals surface area contributed by atoms with Gasteiger partial charge in [0.1, 0.15) is 18.9 Å². The molecule has 1 aromatic carbocycles. The van der Waals surface area contributed by atoms with Gasteiger partial charge in [-0.3, -0.25) is 14.4 Å². The molecule has 17 heavy (non-hydrogen) atoms. The maximum absolute atomic E-state index is 11.0. The summed E-state index contributed by atoms with van der Waals surface area (Å²) in [6.07, 6.45) is 5.86. The number of hydrogen-bond acceptors (Lipinski definition) is 3. The Morgan fingerprint density at radius 1 is 0.941 bits per heavy atom. The van der Waals surface area contributed by atoms with Crippen LogP contribution >= 0.6 is 0 Å². The predicted molar refractivity (Wildman–Crippen MR) is 65.8 cm³/mol. The molecule has 3 heteroatoms. The van der Waals surface area contributed by atoms with Gasteiger partial charge in [-0.05, 0) is 30.5 Å². The molecular weight excluding hydrogens is 216 g/mol. The van der Waals surface area contributed by atoms with Crippen LogP contribution in [0.3, 0.4) is 0 Å². The maximum Gasteiger partial charge on any atom is 0.150 e. The SMILES string of the molecule is CCCCCc1c(C=O)cc(C=O)cc1C=O. The predicted octanol–water partition coefficient (Wildman–Crippen LogP) is 2.86. The van der Waals surface area contributed by atoms with Crippen molar-refractivity contribution in [1.29, 1.82) is 0 Å². The molecule has 0 amide bonds. The van der Waals surface area contributed by atoms with Crippen LogP contribution in [0.2, 0.25) is 0 Å². The summed E-state index contributed by atoms with van der Waals surface area (Å²) in [6.45, 7) is 2.09. The molecule has 0 N–H and O–H groups in total. The van der Waals surface area contributed by atoms with E-state index in [1.165, 1.54) is 12.1 Å². The van der Waals surface area contributed by atoms with Crippen molar-refractivity contribution in [1.82, 2.24) is 0 Å². The van der Waals surface area contributed by atoms with Crippen molar-refractivity contribution >= 4 is 18.9 Å². The van der Waals surface area contributed by atoms with Crippen LogP contribution in [-0.4, -0.2) is 18.9 Å². The topological polar surface area (TPSA) is 51.2 Å². The Labute approximate surface area is 101 Å². The first kappa shape index (κ1) is 13.3. The summed E-state index contributed by atoms with van der Waals surface area (Å²) >= 11 is 0. The molecule has 0 fully saturated rings. The average Bonchev–Trinajstić information content (AvgIpc) is 2.38. The zero-order valence-corrected chi connectivity index (χ0v) is 9.94. The third-order valence-corrected chi connectivity index (χ3v) is 2.76. The lowest BCUT2D eigenvalue weighted by molar-refractivity contribution is 0.112. The molecule has 0 spiro atoms. The van der Waals surface area contributed by atoms with Crippen molar-refractivity contribution in [2.45, 2.75) is 32.6 Å². The third-order valence-electron chi connectivity index (χ3n) is 2.76. The monoisotopic (exact) mass is 232 g/mol. The van der Waals surface area contributed by atoms with Gasteiger partial charge in [-0.25, -0.2) is 0 Å². The second-order valence-electron chi connectivity index (χ2n) is 3.99. The number of unbranched alkanes of at least 4 members (excludes halogenated alkanes) is 2. The number of hydrogen-bond donors (Lipinski definition) is 0. The highest BCUT2D eigenvalue weighted by molar-refractivity contribution is 5.90. The third kappa shape index (κ3) is 3.34. The quantitative estimate of drug-likeness (QED) is 0.536. The molecule has 0 saturated heterocycles. The van der Waals surface area contributed by atoms with Crippen LogP contribution in [0.1, 0.15) is 62.8 Å². The van der Waals surface area contributed by atoms with Gasteiger partial charge in [-0.1, -0.05) is 19.8 Å². The molecule has 0 radical (unpaired) electrons. The van der Waals surface area contributed by atoms with E-state index in [1.54, 1.807) is 0 Å². The first-order valence-electron chi connectivity index (χ1n) is 5.79. The summed E-state index contributed by atoms with van der Waals surface area (Å²) in [6, 6.07) is 3.07. The van der Waals surface area contributed by atoms with E-state index in [-0.39, 0.29) is 0 Å². The minimum Gasteiger partial charge on any atom is -0.298 e. The number of carbonyl (C=O) groups is 3. The molecular formula is C14H16O3. The van der Waals surface area contributed by atoms with E-state index in [0.717, 1.165) is 24.8 Å². The van der Waals surface area contributed by atoms with Crippen molar-refractivity contribution in [3.8, 4) is 0 Å². The van der Waals surface area contributed by atoms with Crippen LogP contribution in [0.5, 0.6) is 0 Å². The molecule has 0 aliphatic carbocycles. The van der Waals surface area contributed by atoms with Crippen LogP contribution in [0, 0.1) is 0 Å². The summed E-state index contributed by atoms with van der Waals surface area (Å²) in [5, 5.41) is 0. The molecule has 90 valence electrons. The van der Waals surface area contributed by atoms with Gasteiger partial charge in [0.05, 0.1) is 0 Å². The van der Waals surface area contributed by atoms with Gasteiger partial charge in [0.25, 0.3) is 0 Å². The zero-order valence-electron chi connectivity index (χ0n) is 9.94. The van der Waals surface area contributed by atoms with Gasteiger partial charge in [-0.2, -0.15) is 0 Å². The van der Waals surface area contributed by atoms with E-state index in [2.05, 4.69) is 6.92 Å². The first-order valence-corrected chi connectivity index (χ1v) is 5.79. The molecule has 1 aromatic rings. The van der Waals surface area contributed by atoms with E-state index in [0.29, 0.717) is 42.0 Å². The lowest BCUT2D eigenvalue weighted by Gasteiger charge is -2.08. The van der Waals surface area contributed by atoms with Crippen molar-refractivity contribution in [3.05, 3.63) is 34.4 Å². The molecule has 0 aliphatic rings. The Hall–Kier alpha value is -1.77. The second-order valence-corrected chi connectivity index (χ2v) is 3.99. The van der Waals surface area contributed by atoms with E-state index in [4.69, 9.17) is 0 Å². The summed E-state index contributed by atoms with van der Waals surface area (Å²) in [5.41, 5.74) is 2.03. The Kier molecular flexibility index (Phi) is 5.27. The standard InChI is InChI=1S/C14H16O3/c1-2-3-4-5-14-12(9-16)6-11(8-15)7-13(14)10-17/h6-10H,2-5H2,1H3. The maximum atomic E-state index is 11.0. The highest BCUT2D eigenvalue weighted by Crippen LogP contribution is 2.17. The number of aldehydes is 3. The molecule has 0 unspecified atom stereocenters. The van der Waals surface area contributed by atoms with E-state index >= 15 is 0 Å². The molecule has 0 aliphatic heterocycles. The molecule has 0 saturated carbocycles. The Morgan fingerprint density at radius 2 is 1.53 bits per heavy atom. The fraction of sp³-hybridized carbons (Fsp3) is 0.357. The van der Waals surface area contributed by atoms with Gasteiger partial charge in [0.2, 0.25) is 0 Å². The van der Waals surface area contributed by atoms with Crippen molar-refractivity contribution in [2.75, 3.05) is 0 Å². The molecule has 0 bridgehead atoms. The first-order chi connectivity index (χ1) is 8.26.